The fourth-order valence-corrected chi connectivity index (χ4v) is 1.08. The molecule has 0 aromatic heterocycles. The highest BCUT2D eigenvalue weighted by atomic mass is 19.2. The summed E-state index contributed by atoms with van der Waals surface area (Å²) >= 11 is 0. The number of carbonyl (C=O) groups excluding carboxylic acids is 1. The zero-order valence-electron chi connectivity index (χ0n) is 7.71. The van der Waals surface area contributed by atoms with Crippen molar-refractivity contribution in [2.24, 2.45) is 0 Å². The van der Waals surface area contributed by atoms with Gasteiger partial charge in [0.2, 0.25) is 0 Å². The van der Waals surface area contributed by atoms with Crippen LogP contribution >= 0.6 is 0 Å². The summed E-state index contributed by atoms with van der Waals surface area (Å²) in [5, 5.41) is 0. The summed E-state index contributed by atoms with van der Waals surface area (Å²) in [6, 6.07) is 7.92. The van der Waals surface area contributed by atoms with Gasteiger partial charge in [-0.05, 0) is 12.5 Å². The average Bonchev–Trinajstić information content (AvgIpc) is 2.27. The van der Waals surface area contributed by atoms with Crippen molar-refractivity contribution in [1.29, 1.82) is 0 Å². The molecule has 3 heteroatoms. The molecule has 0 fully saturated rings. The monoisotopic (exact) mass is 196 g/mol. The molecule has 2 unspecified atom stereocenters. The highest BCUT2D eigenvalue weighted by Crippen LogP contribution is 2.26. The third kappa shape index (κ3) is 2.27. The maximum absolute atomic E-state index is 13.4. The first kappa shape index (κ1) is 10.6. The van der Waals surface area contributed by atoms with Crippen molar-refractivity contribution in [2.75, 3.05) is 0 Å². The molecule has 2 atom stereocenters. The van der Waals surface area contributed by atoms with Gasteiger partial charge in [-0.15, -0.1) is 0 Å². The number of allylic oxidation sites excluding steroid dienone is 1. The van der Waals surface area contributed by atoms with Crippen LogP contribution in [0, 0.1) is 0 Å². The molecule has 1 aromatic carbocycles. The Morgan fingerprint density at radius 1 is 1.29 bits per heavy atom. The summed E-state index contributed by atoms with van der Waals surface area (Å²) in [6.07, 6.45) is -3.70. The van der Waals surface area contributed by atoms with Gasteiger partial charge in [0.1, 0.15) is 5.94 Å². The molecule has 0 aliphatic carbocycles. The lowest BCUT2D eigenvalue weighted by Gasteiger charge is -2.11. The lowest BCUT2D eigenvalue weighted by molar-refractivity contribution is 0.199. The first-order valence-electron chi connectivity index (χ1n) is 4.21. The van der Waals surface area contributed by atoms with Crippen LogP contribution in [0.3, 0.4) is 0 Å². The van der Waals surface area contributed by atoms with Gasteiger partial charge in [0, 0.05) is 5.57 Å². The molecule has 0 N–H and O–H groups in total. The van der Waals surface area contributed by atoms with Crippen molar-refractivity contribution in [2.45, 2.75) is 19.3 Å². The van der Waals surface area contributed by atoms with E-state index in [1.807, 2.05) is 0 Å². The van der Waals surface area contributed by atoms with Gasteiger partial charge in [-0.3, -0.25) is 0 Å². The quantitative estimate of drug-likeness (QED) is 0.679. The Labute approximate surface area is 81.1 Å². The molecule has 0 heterocycles. The third-order valence-electron chi connectivity index (χ3n) is 1.95. The van der Waals surface area contributed by atoms with Gasteiger partial charge in [0.05, 0.1) is 0 Å². The maximum Gasteiger partial charge on any atom is 0.167 e. The van der Waals surface area contributed by atoms with Crippen molar-refractivity contribution in [3.8, 4) is 0 Å². The molecule has 0 aliphatic heterocycles. The Morgan fingerprint density at radius 2 is 1.86 bits per heavy atom. The van der Waals surface area contributed by atoms with E-state index in [1.165, 1.54) is 25.0 Å². The predicted octanol–water partition coefficient (Wildman–Crippen LogP) is 2.81. The second-order valence-electron chi connectivity index (χ2n) is 3.00. The van der Waals surface area contributed by atoms with E-state index < -0.39 is 12.3 Å². The van der Waals surface area contributed by atoms with Gasteiger partial charge in [0.25, 0.3) is 0 Å². The van der Waals surface area contributed by atoms with E-state index in [9.17, 15) is 13.6 Å². The van der Waals surface area contributed by atoms with Crippen LogP contribution < -0.4 is 0 Å². The molecule has 0 bridgehead atoms. The Hall–Kier alpha value is -1.47. The average molecular weight is 196 g/mol. The molecule has 0 amide bonds. The van der Waals surface area contributed by atoms with Crippen LogP contribution in [-0.4, -0.2) is 12.1 Å². The lowest BCUT2D eigenvalue weighted by atomic mass is 10.0. The highest BCUT2D eigenvalue weighted by molar-refractivity contribution is 5.53. The first-order chi connectivity index (χ1) is 6.66. The minimum Gasteiger partial charge on any atom is -0.239 e. The molecule has 1 nitrogen and oxygen atoms in total. The van der Waals surface area contributed by atoms with Crippen LogP contribution in [0.5, 0.6) is 0 Å². The van der Waals surface area contributed by atoms with Crippen LogP contribution in [0.4, 0.5) is 8.78 Å². The first-order valence-corrected chi connectivity index (χ1v) is 4.21. The summed E-state index contributed by atoms with van der Waals surface area (Å²) in [5.74, 6) is 1.37. The van der Waals surface area contributed by atoms with Crippen LogP contribution in [-0.2, 0) is 4.79 Å². The summed E-state index contributed by atoms with van der Waals surface area (Å²) in [5.41, 5.74) is -0.0176. The third-order valence-corrected chi connectivity index (χ3v) is 1.95. The summed E-state index contributed by atoms with van der Waals surface area (Å²) < 4.78 is 26.6. The van der Waals surface area contributed by atoms with E-state index in [1.54, 1.807) is 18.2 Å². The van der Waals surface area contributed by atoms with Crippen molar-refractivity contribution >= 4 is 5.94 Å². The maximum atomic E-state index is 13.4. The van der Waals surface area contributed by atoms with Gasteiger partial charge in [-0.1, -0.05) is 30.3 Å². The van der Waals surface area contributed by atoms with Gasteiger partial charge < -0.3 is 0 Å². The van der Waals surface area contributed by atoms with E-state index in [0.717, 1.165) is 0 Å². The second-order valence-corrected chi connectivity index (χ2v) is 3.00. The summed E-state index contributed by atoms with van der Waals surface area (Å²) in [6.45, 7) is 1.23. The number of benzene rings is 1. The fraction of sp³-hybridized carbons (Fsp3) is 0.273. The van der Waals surface area contributed by atoms with Crippen LogP contribution in [0.25, 0.3) is 0 Å². The smallest absolute Gasteiger partial charge is 0.167 e. The Balaban J connectivity index is 2.86. The molecule has 1 aromatic rings. The van der Waals surface area contributed by atoms with Gasteiger partial charge in [-0.2, -0.15) is 0 Å². The van der Waals surface area contributed by atoms with Crippen molar-refractivity contribution in [1.82, 2.24) is 0 Å². The van der Waals surface area contributed by atoms with E-state index in [-0.39, 0.29) is 11.1 Å². The molecule has 14 heavy (non-hydrogen) atoms. The zero-order chi connectivity index (χ0) is 10.6. The largest absolute Gasteiger partial charge is 0.239 e. The number of halogens is 2. The number of hydrogen-bond acceptors (Lipinski definition) is 1. The zero-order valence-corrected chi connectivity index (χ0v) is 7.71. The SMILES string of the molecule is CC(=C=O)C(F)C(F)c1ccccc1. The minimum atomic E-state index is -1.91. The van der Waals surface area contributed by atoms with E-state index in [4.69, 9.17) is 0 Å². The summed E-state index contributed by atoms with van der Waals surface area (Å²) in [7, 11) is 0. The van der Waals surface area contributed by atoms with Crippen LogP contribution in [0.15, 0.2) is 35.9 Å². The lowest BCUT2D eigenvalue weighted by Crippen LogP contribution is -2.11. The topological polar surface area (TPSA) is 17.1 Å². The standard InChI is InChI=1S/C11H10F2O/c1-8(7-14)10(12)11(13)9-5-3-2-4-6-9/h2-6,10-11H,1H3. The van der Waals surface area contributed by atoms with Gasteiger partial charge in [-0.25, -0.2) is 13.6 Å². The molecule has 74 valence electrons. The molecule has 0 saturated carbocycles. The Bertz CT molecular complexity index is 342. The normalized spacial score (nSPS) is 14.2. The molecule has 0 aliphatic rings. The number of hydrogen-bond donors (Lipinski definition) is 0. The van der Waals surface area contributed by atoms with Crippen molar-refractivity contribution < 1.29 is 13.6 Å². The molecule has 1 rings (SSSR count). The highest BCUT2D eigenvalue weighted by Gasteiger charge is 2.24. The molecular formula is C11H10F2O. The molecular weight excluding hydrogens is 186 g/mol. The molecule has 0 spiro atoms. The Morgan fingerprint density at radius 3 is 2.36 bits per heavy atom. The fourth-order valence-electron chi connectivity index (χ4n) is 1.08. The van der Waals surface area contributed by atoms with Crippen LogP contribution in [0.2, 0.25) is 0 Å². The van der Waals surface area contributed by atoms with Gasteiger partial charge in [0.15, 0.2) is 12.3 Å². The number of alkyl halides is 2. The second kappa shape index (κ2) is 4.68. The van der Waals surface area contributed by atoms with Gasteiger partial charge >= 0.3 is 0 Å². The minimum absolute atomic E-state index is 0.231. The number of rotatable bonds is 3. The van der Waals surface area contributed by atoms with E-state index in [0.29, 0.717) is 0 Å². The summed E-state index contributed by atoms with van der Waals surface area (Å²) in [4.78, 5) is 10.1. The Kier molecular flexibility index (Phi) is 3.55. The predicted molar refractivity (Wildman–Crippen MR) is 50.1 cm³/mol. The molecule has 0 saturated heterocycles. The molecule has 0 radical (unpaired) electrons. The van der Waals surface area contributed by atoms with E-state index >= 15 is 0 Å². The van der Waals surface area contributed by atoms with Crippen LogP contribution in [0.1, 0.15) is 18.7 Å². The van der Waals surface area contributed by atoms with Crippen molar-refractivity contribution in [3.63, 3.8) is 0 Å². The van der Waals surface area contributed by atoms with Crippen molar-refractivity contribution in [3.05, 3.63) is 41.5 Å². The van der Waals surface area contributed by atoms with E-state index in [2.05, 4.69) is 0 Å².